The van der Waals surface area contributed by atoms with Gasteiger partial charge in [-0.25, -0.2) is 8.42 Å². The molecule has 0 radical (unpaired) electrons. The molecule has 0 bridgehead atoms. The summed E-state index contributed by atoms with van der Waals surface area (Å²) in [5.74, 6) is 2.04. The van der Waals surface area contributed by atoms with Gasteiger partial charge in [-0.15, -0.1) is 0 Å². The van der Waals surface area contributed by atoms with Gasteiger partial charge in [-0.1, -0.05) is 30.7 Å². The summed E-state index contributed by atoms with van der Waals surface area (Å²) in [6, 6.07) is 10.2. The highest BCUT2D eigenvalue weighted by molar-refractivity contribution is 7.93. The number of halogens is 3. The van der Waals surface area contributed by atoms with Gasteiger partial charge in [0.1, 0.15) is 0 Å². The van der Waals surface area contributed by atoms with Crippen LogP contribution in [0.25, 0.3) is 0 Å². The highest BCUT2D eigenvalue weighted by atomic mass is 32.2. The second-order valence-electron chi connectivity index (χ2n) is 9.58. The van der Waals surface area contributed by atoms with Crippen LogP contribution in [0.1, 0.15) is 54.7 Å². The fourth-order valence-electron chi connectivity index (χ4n) is 5.51. The number of benzene rings is 2. The molecule has 2 fully saturated rings. The van der Waals surface area contributed by atoms with Crippen LogP contribution < -0.4 is 9.62 Å². The highest BCUT2D eigenvalue weighted by Crippen LogP contribution is 2.52. The lowest BCUT2D eigenvalue weighted by Crippen LogP contribution is -2.30. The Balaban J connectivity index is 1.31. The number of rotatable bonds is 6. The van der Waals surface area contributed by atoms with E-state index >= 15 is 0 Å². The molecule has 0 aromatic heterocycles. The molecule has 1 saturated heterocycles. The second-order valence-corrected chi connectivity index (χ2v) is 11.4. The number of piperidine rings is 1. The first-order valence-electron chi connectivity index (χ1n) is 11.8. The topological polar surface area (TPSA) is 49.4 Å². The molecule has 2 aromatic rings. The van der Waals surface area contributed by atoms with E-state index < -0.39 is 26.7 Å². The molecule has 2 aliphatic heterocycles. The third-order valence-electron chi connectivity index (χ3n) is 7.47. The molecule has 178 valence electrons. The van der Waals surface area contributed by atoms with Gasteiger partial charge in [-0.05, 0) is 92.3 Å². The van der Waals surface area contributed by atoms with Crippen LogP contribution in [0.15, 0.2) is 47.4 Å². The number of nitrogens with one attached hydrogen (secondary N) is 1. The maximum atomic E-state index is 13.4. The summed E-state index contributed by atoms with van der Waals surface area (Å²) in [6.07, 6.45) is 1.99. The molecule has 0 spiro atoms. The van der Waals surface area contributed by atoms with E-state index in [1.807, 2.05) is 6.07 Å². The summed E-state index contributed by atoms with van der Waals surface area (Å²) in [4.78, 5) is -0.686. The van der Waals surface area contributed by atoms with Crippen LogP contribution in [-0.4, -0.2) is 28.1 Å². The Morgan fingerprint density at radius 1 is 1.03 bits per heavy atom. The Morgan fingerprint density at radius 3 is 2.55 bits per heavy atom. The quantitative estimate of drug-likeness (QED) is 0.610. The fraction of sp³-hybridized carbons (Fsp3) is 0.520. The minimum atomic E-state index is -4.73. The molecule has 33 heavy (non-hydrogen) atoms. The summed E-state index contributed by atoms with van der Waals surface area (Å²) < 4.78 is 67.9. The molecule has 0 amide bonds. The van der Waals surface area contributed by atoms with Crippen LogP contribution in [0.3, 0.4) is 0 Å². The standard InChI is InChI=1S/C25H29F3N2O2S/c26-25(27,28)22-3-1-2-4-24(22)33(31,32)30-14-11-20-15-18(7-8-23(20)30)21-16-19(21)6-5-17-9-12-29-13-10-17/h1-4,7-8,15,17,19,21,29H,5-6,9-14,16H2. The summed E-state index contributed by atoms with van der Waals surface area (Å²) >= 11 is 0. The zero-order valence-electron chi connectivity index (χ0n) is 18.4. The molecule has 1 N–H and O–H groups in total. The molecule has 1 aliphatic carbocycles. The van der Waals surface area contributed by atoms with Gasteiger partial charge in [0.2, 0.25) is 0 Å². The van der Waals surface area contributed by atoms with Crippen LogP contribution in [-0.2, 0) is 22.6 Å². The van der Waals surface area contributed by atoms with Crippen molar-refractivity contribution < 1.29 is 21.6 Å². The van der Waals surface area contributed by atoms with Crippen molar-refractivity contribution in [2.75, 3.05) is 23.9 Å². The Kier molecular flexibility index (Phi) is 5.93. The molecule has 5 rings (SSSR count). The molecule has 4 nitrogen and oxygen atoms in total. The lowest BCUT2D eigenvalue weighted by atomic mass is 9.91. The van der Waals surface area contributed by atoms with Crippen molar-refractivity contribution in [2.24, 2.45) is 11.8 Å². The number of alkyl halides is 3. The van der Waals surface area contributed by atoms with Gasteiger partial charge < -0.3 is 5.32 Å². The van der Waals surface area contributed by atoms with E-state index in [-0.39, 0.29) is 6.54 Å². The Labute approximate surface area is 193 Å². The minimum absolute atomic E-state index is 0.164. The van der Waals surface area contributed by atoms with E-state index in [0.29, 0.717) is 23.9 Å². The van der Waals surface area contributed by atoms with Crippen molar-refractivity contribution in [2.45, 2.75) is 55.5 Å². The lowest BCUT2D eigenvalue weighted by molar-refractivity contribution is -0.139. The summed E-state index contributed by atoms with van der Waals surface area (Å²) in [5.41, 5.74) is 1.52. The van der Waals surface area contributed by atoms with E-state index in [2.05, 4.69) is 11.4 Å². The predicted molar refractivity (Wildman–Crippen MR) is 122 cm³/mol. The van der Waals surface area contributed by atoms with Gasteiger partial charge in [0.05, 0.1) is 16.1 Å². The van der Waals surface area contributed by atoms with Crippen LogP contribution >= 0.6 is 0 Å². The third kappa shape index (κ3) is 4.52. The SMILES string of the molecule is O=S(=O)(c1ccccc1C(F)(F)F)N1CCc2cc(C3CC3CCC3CCNCC3)ccc21. The molecule has 8 heteroatoms. The van der Waals surface area contributed by atoms with Gasteiger partial charge >= 0.3 is 6.18 Å². The average molecular weight is 479 g/mol. The zero-order valence-corrected chi connectivity index (χ0v) is 19.3. The number of anilines is 1. The Hall–Kier alpha value is -2.06. The van der Waals surface area contributed by atoms with Crippen LogP contribution in [0.2, 0.25) is 0 Å². The monoisotopic (exact) mass is 478 g/mol. The number of hydrogen-bond donors (Lipinski definition) is 1. The van der Waals surface area contributed by atoms with Crippen molar-refractivity contribution in [3.63, 3.8) is 0 Å². The maximum absolute atomic E-state index is 13.4. The average Bonchev–Trinajstić information content (AvgIpc) is 3.46. The van der Waals surface area contributed by atoms with E-state index in [4.69, 9.17) is 0 Å². The third-order valence-corrected chi connectivity index (χ3v) is 9.34. The fourth-order valence-corrected chi connectivity index (χ4v) is 7.23. The first-order chi connectivity index (χ1) is 15.7. The summed E-state index contributed by atoms with van der Waals surface area (Å²) in [6.45, 7) is 2.41. The van der Waals surface area contributed by atoms with E-state index in [9.17, 15) is 21.6 Å². The van der Waals surface area contributed by atoms with Gasteiger partial charge in [-0.2, -0.15) is 13.2 Å². The largest absolute Gasteiger partial charge is 0.417 e. The normalized spacial score (nSPS) is 23.5. The van der Waals surface area contributed by atoms with Crippen molar-refractivity contribution in [1.29, 1.82) is 0 Å². The van der Waals surface area contributed by atoms with E-state index in [1.54, 1.807) is 6.07 Å². The predicted octanol–water partition coefficient (Wildman–Crippen LogP) is 5.34. The number of fused-ring (bicyclic) bond motifs is 1. The van der Waals surface area contributed by atoms with E-state index in [0.717, 1.165) is 41.0 Å². The molecule has 2 unspecified atom stereocenters. The van der Waals surface area contributed by atoms with Crippen LogP contribution in [0, 0.1) is 11.8 Å². The molecule has 2 atom stereocenters. The summed E-state index contributed by atoms with van der Waals surface area (Å²) in [7, 11) is -4.31. The molecule has 1 saturated carbocycles. The van der Waals surface area contributed by atoms with Crippen molar-refractivity contribution in [3.8, 4) is 0 Å². The first-order valence-corrected chi connectivity index (χ1v) is 13.2. The summed E-state index contributed by atoms with van der Waals surface area (Å²) in [5, 5.41) is 3.41. The number of sulfonamides is 1. The molecule has 2 aromatic carbocycles. The molecular weight excluding hydrogens is 449 g/mol. The molecular formula is C25H29F3N2O2S. The van der Waals surface area contributed by atoms with Gasteiger partial charge in [0.25, 0.3) is 10.0 Å². The van der Waals surface area contributed by atoms with Gasteiger partial charge in [0.15, 0.2) is 0 Å². The zero-order chi connectivity index (χ0) is 23.2. The van der Waals surface area contributed by atoms with Crippen molar-refractivity contribution in [3.05, 3.63) is 59.2 Å². The maximum Gasteiger partial charge on any atom is 0.417 e. The van der Waals surface area contributed by atoms with Gasteiger partial charge in [-0.3, -0.25) is 4.31 Å². The van der Waals surface area contributed by atoms with Crippen molar-refractivity contribution in [1.82, 2.24) is 5.32 Å². The molecule has 3 aliphatic rings. The van der Waals surface area contributed by atoms with Gasteiger partial charge in [0, 0.05) is 6.54 Å². The Morgan fingerprint density at radius 2 is 1.79 bits per heavy atom. The molecule has 2 heterocycles. The Bertz CT molecular complexity index is 1130. The van der Waals surface area contributed by atoms with Crippen molar-refractivity contribution >= 4 is 15.7 Å². The number of nitrogens with zero attached hydrogens (tertiary/aromatic N) is 1. The van der Waals surface area contributed by atoms with Crippen LogP contribution in [0.5, 0.6) is 0 Å². The highest BCUT2D eigenvalue weighted by Gasteiger charge is 2.42. The lowest BCUT2D eigenvalue weighted by Gasteiger charge is -2.22. The first kappa shape index (κ1) is 22.7. The number of hydrogen-bond acceptors (Lipinski definition) is 3. The van der Waals surface area contributed by atoms with E-state index in [1.165, 1.54) is 49.8 Å². The smallest absolute Gasteiger partial charge is 0.317 e. The second kappa shape index (κ2) is 8.62. The van der Waals surface area contributed by atoms with Crippen LogP contribution in [0.4, 0.5) is 18.9 Å². The minimum Gasteiger partial charge on any atom is -0.317 e.